The number of alkyl halides is 3. The first-order valence-electron chi connectivity index (χ1n) is 9.34. The fourth-order valence-corrected chi connectivity index (χ4v) is 3.76. The van der Waals surface area contributed by atoms with Crippen molar-refractivity contribution in [2.24, 2.45) is 0 Å². The van der Waals surface area contributed by atoms with Crippen LogP contribution in [0.5, 0.6) is 0 Å². The molecule has 1 atom stereocenters. The standard InChI is InChI=1S/C23H20F3NO3S/c1-15(16-9-13-19(14-10-16)31(2,29)30)27-22(28)21-6-4-3-5-20(21)17-7-11-18(12-8-17)23(24,25)26/h3-15H,1-2H3,(H,27,28). The Balaban J connectivity index is 1.83. The topological polar surface area (TPSA) is 63.2 Å². The van der Waals surface area contributed by atoms with Crippen LogP contribution in [-0.4, -0.2) is 20.6 Å². The minimum Gasteiger partial charge on any atom is -0.345 e. The van der Waals surface area contributed by atoms with E-state index in [2.05, 4.69) is 5.32 Å². The van der Waals surface area contributed by atoms with Crippen LogP contribution in [0.3, 0.4) is 0 Å². The van der Waals surface area contributed by atoms with Gasteiger partial charge in [-0.3, -0.25) is 4.79 Å². The SMILES string of the molecule is CC(NC(=O)c1ccccc1-c1ccc(C(F)(F)F)cc1)c1ccc(S(C)(=O)=O)cc1. The number of carbonyl (C=O) groups excluding carboxylic acids is 1. The summed E-state index contributed by atoms with van der Waals surface area (Å²) in [7, 11) is -3.32. The molecule has 0 aliphatic carbocycles. The second-order valence-corrected chi connectivity index (χ2v) is 9.17. The van der Waals surface area contributed by atoms with E-state index in [-0.39, 0.29) is 4.90 Å². The predicted molar refractivity (Wildman–Crippen MR) is 112 cm³/mol. The average Bonchev–Trinajstić information content (AvgIpc) is 2.72. The van der Waals surface area contributed by atoms with Gasteiger partial charge < -0.3 is 5.32 Å². The molecule has 1 amide bonds. The third-order valence-corrected chi connectivity index (χ3v) is 5.98. The van der Waals surface area contributed by atoms with Crippen LogP contribution in [0.25, 0.3) is 11.1 Å². The lowest BCUT2D eigenvalue weighted by atomic mass is 9.97. The van der Waals surface area contributed by atoms with Gasteiger partial charge in [0.25, 0.3) is 5.91 Å². The number of hydrogen-bond donors (Lipinski definition) is 1. The number of carbonyl (C=O) groups is 1. The van der Waals surface area contributed by atoms with Crippen LogP contribution in [0, 0.1) is 0 Å². The van der Waals surface area contributed by atoms with E-state index in [0.717, 1.165) is 18.4 Å². The molecule has 0 heterocycles. The maximum atomic E-state index is 12.9. The van der Waals surface area contributed by atoms with Crippen LogP contribution in [0.2, 0.25) is 0 Å². The van der Waals surface area contributed by atoms with Crippen molar-refractivity contribution in [2.75, 3.05) is 6.26 Å². The van der Waals surface area contributed by atoms with Crippen LogP contribution in [-0.2, 0) is 16.0 Å². The van der Waals surface area contributed by atoms with E-state index in [0.29, 0.717) is 22.3 Å². The van der Waals surface area contributed by atoms with Crippen molar-refractivity contribution in [3.63, 3.8) is 0 Å². The Bertz CT molecular complexity index is 1190. The Labute approximate surface area is 178 Å². The summed E-state index contributed by atoms with van der Waals surface area (Å²) in [6.07, 6.45) is -3.32. The zero-order valence-corrected chi connectivity index (χ0v) is 17.6. The smallest absolute Gasteiger partial charge is 0.345 e. The summed E-state index contributed by atoms with van der Waals surface area (Å²) in [6.45, 7) is 1.76. The van der Waals surface area contributed by atoms with Gasteiger partial charge in [-0.05, 0) is 53.9 Å². The van der Waals surface area contributed by atoms with Crippen molar-refractivity contribution in [2.45, 2.75) is 24.0 Å². The maximum absolute atomic E-state index is 12.9. The Morgan fingerprint density at radius 2 is 1.48 bits per heavy atom. The lowest BCUT2D eigenvalue weighted by Crippen LogP contribution is -2.27. The molecule has 4 nitrogen and oxygen atoms in total. The zero-order valence-electron chi connectivity index (χ0n) is 16.8. The number of sulfone groups is 1. The van der Waals surface area contributed by atoms with Crippen molar-refractivity contribution in [3.8, 4) is 11.1 Å². The third-order valence-electron chi connectivity index (χ3n) is 4.85. The Morgan fingerprint density at radius 1 is 0.903 bits per heavy atom. The van der Waals surface area contributed by atoms with Gasteiger partial charge in [-0.15, -0.1) is 0 Å². The van der Waals surface area contributed by atoms with Crippen LogP contribution in [0.4, 0.5) is 13.2 Å². The molecule has 1 unspecified atom stereocenters. The van der Waals surface area contributed by atoms with E-state index >= 15 is 0 Å². The molecule has 0 saturated carbocycles. The summed E-state index contributed by atoms with van der Waals surface area (Å²) in [5.41, 5.74) is 1.27. The second-order valence-electron chi connectivity index (χ2n) is 7.16. The number of benzene rings is 3. The molecule has 0 saturated heterocycles. The van der Waals surface area contributed by atoms with Crippen molar-refractivity contribution < 1.29 is 26.4 Å². The largest absolute Gasteiger partial charge is 0.416 e. The van der Waals surface area contributed by atoms with Crippen molar-refractivity contribution in [1.29, 1.82) is 0 Å². The first-order chi connectivity index (χ1) is 14.5. The summed E-state index contributed by atoms with van der Waals surface area (Å²) < 4.78 is 61.7. The third kappa shape index (κ3) is 5.32. The summed E-state index contributed by atoms with van der Waals surface area (Å²) >= 11 is 0. The molecular weight excluding hydrogens is 427 g/mol. The number of rotatable bonds is 5. The average molecular weight is 447 g/mol. The fraction of sp³-hybridized carbons (Fsp3) is 0.174. The molecule has 0 spiro atoms. The highest BCUT2D eigenvalue weighted by molar-refractivity contribution is 7.90. The predicted octanol–water partition coefficient (Wildman–Crippen LogP) is 5.27. The first kappa shape index (κ1) is 22.6. The van der Waals surface area contributed by atoms with Gasteiger partial charge in [0, 0.05) is 11.8 Å². The number of halogens is 3. The van der Waals surface area contributed by atoms with E-state index in [9.17, 15) is 26.4 Å². The minimum atomic E-state index is -4.43. The number of nitrogens with one attached hydrogen (secondary N) is 1. The quantitative estimate of drug-likeness (QED) is 0.580. The van der Waals surface area contributed by atoms with Gasteiger partial charge in [0.1, 0.15) is 0 Å². The Morgan fingerprint density at radius 3 is 2.03 bits per heavy atom. The van der Waals surface area contributed by atoms with E-state index < -0.39 is 33.5 Å². The fourth-order valence-electron chi connectivity index (χ4n) is 3.13. The molecule has 3 rings (SSSR count). The highest BCUT2D eigenvalue weighted by Gasteiger charge is 2.30. The Kier molecular flexibility index (Phi) is 6.22. The van der Waals surface area contributed by atoms with Gasteiger partial charge >= 0.3 is 6.18 Å². The van der Waals surface area contributed by atoms with Crippen molar-refractivity contribution in [3.05, 3.63) is 89.5 Å². The van der Waals surface area contributed by atoms with Crippen LogP contribution < -0.4 is 5.32 Å². The van der Waals surface area contributed by atoms with Crippen LogP contribution in [0.15, 0.2) is 77.7 Å². The molecule has 0 aliphatic heterocycles. The zero-order chi connectivity index (χ0) is 22.8. The molecular formula is C23H20F3NO3S. The second kappa shape index (κ2) is 8.55. The molecule has 31 heavy (non-hydrogen) atoms. The van der Waals surface area contributed by atoms with Gasteiger partial charge in [0.05, 0.1) is 16.5 Å². The molecule has 162 valence electrons. The minimum absolute atomic E-state index is 0.183. The van der Waals surface area contributed by atoms with Gasteiger partial charge in [-0.1, -0.05) is 42.5 Å². The maximum Gasteiger partial charge on any atom is 0.416 e. The molecule has 3 aromatic carbocycles. The molecule has 0 fully saturated rings. The molecule has 0 aromatic heterocycles. The van der Waals surface area contributed by atoms with Crippen LogP contribution >= 0.6 is 0 Å². The van der Waals surface area contributed by atoms with Crippen LogP contribution in [0.1, 0.15) is 34.5 Å². The van der Waals surface area contributed by atoms with Gasteiger partial charge in [-0.2, -0.15) is 13.2 Å². The molecule has 0 bridgehead atoms. The summed E-state index contributed by atoms with van der Waals surface area (Å²) in [6, 6.07) is 17.1. The summed E-state index contributed by atoms with van der Waals surface area (Å²) in [5, 5.41) is 2.85. The normalized spacial score (nSPS) is 12.9. The van der Waals surface area contributed by atoms with Crippen molar-refractivity contribution in [1.82, 2.24) is 5.32 Å². The highest BCUT2D eigenvalue weighted by Crippen LogP contribution is 2.32. The summed E-state index contributed by atoms with van der Waals surface area (Å²) in [5.74, 6) is -0.393. The lowest BCUT2D eigenvalue weighted by molar-refractivity contribution is -0.137. The molecule has 0 aliphatic rings. The summed E-state index contributed by atoms with van der Waals surface area (Å²) in [4.78, 5) is 13.1. The molecule has 3 aromatic rings. The first-order valence-corrected chi connectivity index (χ1v) is 11.2. The van der Waals surface area contributed by atoms with E-state index in [1.165, 1.54) is 24.3 Å². The van der Waals surface area contributed by atoms with E-state index in [1.54, 1.807) is 43.3 Å². The van der Waals surface area contributed by atoms with E-state index in [4.69, 9.17) is 0 Å². The highest BCUT2D eigenvalue weighted by atomic mass is 32.2. The monoisotopic (exact) mass is 447 g/mol. The molecule has 1 N–H and O–H groups in total. The van der Waals surface area contributed by atoms with Gasteiger partial charge in [0.15, 0.2) is 9.84 Å². The number of hydrogen-bond acceptors (Lipinski definition) is 3. The molecule has 8 heteroatoms. The Hall–Kier alpha value is -3.13. The van der Waals surface area contributed by atoms with Gasteiger partial charge in [0.2, 0.25) is 0 Å². The van der Waals surface area contributed by atoms with Gasteiger partial charge in [-0.25, -0.2) is 8.42 Å². The van der Waals surface area contributed by atoms with Crippen molar-refractivity contribution >= 4 is 15.7 Å². The van der Waals surface area contributed by atoms with E-state index in [1.807, 2.05) is 0 Å². The molecule has 0 radical (unpaired) electrons. The lowest BCUT2D eigenvalue weighted by Gasteiger charge is -2.17. The number of amides is 1.